The van der Waals surface area contributed by atoms with E-state index in [9.17, 15) is 4.79 Å². The van der Waals surface area contributed by atoms with Crippen LogP contribution in [0.4, 0.5) is 0 Å². The summed E-state index contributed by atoms with van der Waals surface area (Å²) in [6, 6.07) is 17.7. The predicted molar refractivity (Wildman–Crippen MR) is 94.4 cm³/mol. The van der Waals surface area contributed by atoms with Crippen molar-refractivity contribution in [3.8, 4) is 17.1 Å². The molecule has 0 unspecified atom stereocenters. The molecule has 1 N–H and O–H groups in total. The number of hydrogen-bond donors (Lipinski definition) is 1. The fraction of sp³-hybridized carbons (Fsp3) is 0.250. The number of H-pyrrole nitrogens is 1. The van der Waals surface area contributed by atoms with Gasteiger partial charge in [0, 0.05) is 12.0 Å². The van der Waals surface area contributed by atoms with Gasteiger partial charge >= 0.3 is 0 Å². The molecule has 0 spiro atoms. The number of hydrogen-bond acceptors (Lipinski definition) is 3. The Bertz CT molecular complexity index is 830. The molecule has 24 heavy (non-hydrogen) atoms. The molecule has 3 aromatic rings. The Morgan fingerprint density at radius 1 is 1.00 bits per heavy atom. The van der Waals surface area contributed by atoms with E-state index in [4.69, 9.17) is 9.26 Å². The van der Waals surface area contributed by atoms with E-state index in [-0.39, 0.29) is 5.56 Å². The monoisotopic (exact) mass is 323 g/mol. The van der Waals surface area contributed by atoms with Crippen molar-refractivity contribution in [3.05, 3.63) is 76.1 Å². The van der Waals surface area contributed by atoms with E-state index in [0.717, 1.165) is 30.6 Å². The summed E-state index contributed by atoms with van der Waals surface area (Å²) < 4.78 is 10.9. The van der Waals surface area contributed by atoms with E-state index in [1.165, 1.54) is 17.2 Å². The minimum absolute atomic E-state index is 0.229. The zero-order valence-electron chi connectivity index (χ0n) is 13.7. The van der Waals surface area contributed by atoms with Gasteiger partial charge in [-0.05, 0) is 29.7 Å². The highest BCUT2D eigenvalue weighted by Gasteiger charge is 2.04. The molecular formula is C20H21NO3. The lowest BCUT2D eigenvalue weighted by Crippen LogP contribution is -2.01. The molecule has 0 atom stereocenters. The molecule has 1 heterocycles. The Hall–Kier alpha value is -2.75. The van der Waals surface area contributed by atoms with Gasteiger partial charge in [0.25, 0.3) is 5.56 Å². The van der Waals surface area contributed by atoms with Gasteiger partial charge in [0.15, 0.2) is 5.76 Å². The van der Waals surface area contributed by atoms with Gasteiger partial charge in [0.1, 0.15) is 5.75 Å². The highest BCUT2D eigenvalue weighted by atomic mass is 16.5. The van der Waals surface area contributed by atoms with Crippen molar-refractivity contribution in [3.63, 3.8) is 0 Å². The number of aromatic amines is 1. The molecule has 4 nitrogen and oxygen atoms in total. The largest absolute Gasteiger partial charge is 0.493 e. The molecule has 0 aliphatic heterocycles. The molecule has 0 bridgehead atoms. The van der Waals surface area contributed by atoms with Crippen molar-refractivity contribution in [2.24, 2.45) is 0 Å². The van der Waals surface area contributed by atoms with Crippen LogP contribution in [0, 0.1) is 0 Å². The summed E-state index contributed by atoms with van der Waals surface area (Å²) in [4.78, 5) is 11.1. The lowest BCUT2D eigenvalue weighted by atomic mass is 10.1. The molecule has 0 fully saturated rings. The van der Waals surface area contributed by atoms with Crippen LogP contribution in [0.5, 0.6) is 5.75 Å². The van der Waals surface area contributed by atoms with Gasteiger partial charge in [-0.25, -0.2) is 0 Å². The van der Waals surface area contributed by atoms with Crippen molar-refractivity contribution < 1.29 is 9.26 Å². The molecule has 124 valence electrons. The smallest absolute Gasteiger partial charge is 0.280 e. The lowest BCUT2D eigenvalue weighted by Gasteiger charge is -2.08. The average Bonchev–Trinajstić information content (AvgIpc) is 3.03. The summed E-state index contributed by atoms with van der Waals surface area (Å²) in [7, 11) is 0. The maximum atomic E-state index is 11.1. The Balaban J connectivity index is 1.55. The summed E-state index contributed by atoms with van der Waals surface area (Å²) in [6.45, 7) is 2.81. The Morgan fingerprint density at radius 2 is 1.83 bits per heavy atom. The van der Waals surface area contributed by atoms with Crippen LogP contribution in [0.2, 0.25) is 0 Å². The first-order chi connectivity index (χ1) is 11.7. The number of benzene rings is 2. The van der Waals surface area contributed by atoms with Crippen LogP contribution in [0.1, 0.15) is 24.5 Å². The molecule has 0 aliphatic carbocycles. The van der Waals surface area contributed by atoms with E-state index < -0.39 is 0 Å². The minimum Gasteiger partial charge on any atom is -0.493 e. The lowest BCUT2D eigenvalue weighted by molar-refractivity contribution is 0.321. The number of rotatable bonds is 7. The van der Waals surface area contributed by atoms with Crippen LogP contribution in [-0.2, 0) is 12.8 Å². The molecule has 0 amide bonds. The van der Waals surface area contributed by atoms with E-state index in [1.807, 2.05) is 36.4 Å². The van der Waals surface area contributed by atoms with Crippen LogP contribution in [0.15, 0.2) is 63.9 Å². The zero-order chi connectivity index (χ0) is 16.8. The number of aryl methyl sites for hydroxylation is 1. The molecule has 3 rings (SSSR count). The Kier molecular flexibility index (Phi) is 5.16. The van der Waals surface area contributed by atoms with Crippen LogP contribution in [-0.4, -0.2) is 11.8 Å². The molecule has 0 radical (unpaired) electrons. The quantitative estimate of drug-likeness (QED) is 0.708. The molecule has 0 saturated heterocycles. The number of aromatic nitrogens is 1. The van der Waals surface area contributed by atoms with E-state index in [1.54, 1.807) is 0 Å². The fourth-order valence-electron chi connectivity index (χ4n) is 2.63. The predicted octanol–water partition coefficient (Wildman–Crippen LogP) is 4.21. The minimum atomic E-state index is -0.229. The second kappa shape index (κ2) is 7.68. The van der Waals surface area contributed by atoms with E-state index >= 15 is 0 Å². The first-order valence-corrected chi connectivity index (χ1v) is 8.24. The van der Waals surface area contributed by atoms with Gasteiger partial charge in [0.2, 0.25) is 0 Å². The average molecular weight is 323 g/mol. The normalized spacial score (nSPS) is 10.7. The summed E-state index contributed by atoms with van der Waals surface area (Å²) >= 11 is 0. The molecule has 2 aromatic carbocycles. The summed E-state index contributed by atoms with van der Waals surface area (Å²) in [5.41, 5.74) is 3.15. The third-order valence-corrected chi connectivity index (χ3v) is 3.86. The number of nitrogens with one attached hydrogen (secondary N) is 1. The SMILES string of the molecule is CCCc1cccc(OCCc2ccc(-c3cc(=O)[nH]o3)cc2)c1. The molecule has 0 aliphatic rings. The molecule has 4 heteroatoms. The Morgan fingerprint density at radius 3 is 2.54 bits per heavy atom. The van der Waals surface area contributed by atoms with Crippen molar-refractivity contribution in [1.82, 2.24) is 5.16 Å². The third kappa shape index (κ3) is 4.16. The first kappa shape index (κ1) is 16.1. The first-order valence-electron chi connectivity index (χ1n) is 8.24. The van der Waals surface area contributed by atoms with Crippen molar-refractivity contribution in [1.29, 1.82) is 0 Å². The maximum absolute atomic E-state index is 11.1. The maximum Gasteiger partial charge on any atom is 0.280 e. The van der Waals surface area contributed by atoms with Gasteiger partial charge in [-0.15, -0.1) is 0 Å². The van der Waals surface area contributed by atoms with Gasteiger partial charge in [0.05, 0.1) is 12.7 Å². The second-order valence-electron chi connectivity index (χ2n) is 5.77. The van der Waals surface area contributed by atoms with Crippen molar-refractivity contribution in [2.75, 3.05) is 6.61 Å². The Labute approximate surface area is 141 Å². The summed E-state index contributed by atoms with van der Waals surface area (Å²) in [6.07, 6.45) is 3.04. The van der Waals surface area contributed by atoms with Crippen LogP contribution in [0.25, 0.3) is 11.3 Å². The van der Waals surface area contributed by atoms with E-state index in [0.29, 0.717) is 12.4 Å². The zero-order valence-corrected chi connectivity index (χ0v) is 13.7. The van der Waals surface area contributed by atoms with E-state index in [2.05, 4.69) is 24.2 Å². The van der Waals surface area contributed by atoms with Gasteiger partial charge in [-0.3, -0.25) is 4.79 Å². The van der Waals surface area contributed by atoms with Crippen LogP contribution >= 0.6 is 0 Å². The fourth-order valence-corrected chi connectivity index (χ4v) is 2.63. The summed E-state index contributed by atoms with van der Waals surface area (Å²) in [5.74, 6) is 1.47. The van der Waals surface area contributed by atoms with Gasteiger partial charge in [-0.2, -0.15) is 5.16 Å². The van der Waals surface area contributed by atoms with Crippen molar-refractivity contribution >= 4 is 0 Å². The van der Waals surface area contributed by atoms with Crippen LogP contribution < -0.4 is 10.3 Å². The highest BCUT2D eigenvalue weighted by molar-refractivity contribution is 5.56. The standard InChI is InChI=1S/C20H21NO3/c1-2-4-16-5-3-6-18(13-16)23-12-11-15-7-9-17(10-8-15)19-14-20(22)21-24-19/h3,5-10,13-14H,2,4,11-12H2,1H3,(H,21,22). The molecular weight excluding hydrogens is 302 g/mol. The topological polar surface area (TPSA) is 55.2 Å². The van der Waals surface area contributed by atoms with Gasteiger partial charge < -0.3 is 9.26 Å². The van der Waals surface area contributed by atoms with Gasteiger partial charge in [-0.1, -0.05) is 49.7 Å². The second-order valence-corrected chi connectivity index (χ2v) is 5.77. The highest BCUT2D eigenvalue weighted by Crippen LogP contribution is 2.18. The third-order valence-electron chi connectivity index (χ3n) is 3.86. The molecule has 1 aromatic heterocycles. The number of ether oxygens (including phenoxy) is 1. The van der Waals surface area contributed by atoms with Crippen molar-refractivity contribution in [2.45, 2.75) is 26.2 Å². The summed E-state index contributed by atoms with van der Waals surface area (Å²) in [5, 5.41) is 2.30. The van der Waals surface area contributed by atoms with Crippen LogP contribution in [0.3, 0.4) is 0 Å². The molecule has 0 saturated carbocycles.